The lowest BCUT2D eigenvalue weighted by molar-refractivity contribution is -0.430. The van der Waals surface area contributed by atoms with Gasteiger partial charge in [0.05, 0.1) is 0 Å². The van der Waals surface area contributed by atoms with E-state index in [1.165, 1.54) is 17.5 Å². The fraction of sp³-hybridized carbons (Fsp3) is 0.143. The molecule has 1 amide bonds. The van der Waals surface area contributed by atoms with Gasteiger partial charge in [-0.1, -0.05) is 24.3 Å². The number of nitrogens with zero attached hydrogens (tertiary/aromatic N) is 4. The standard InChI is InChI=1S/C14H10N4O4/c19-10(20)6-5-8-3-1-2-4-9(8)14-17-11-12(18(14)22-17)15-7-16-13(11)21/h1-7,11,14H,(H,19,20). The number of hydroxylamine groups is 4. The quantitative estimate of drug-likeness (QED) is 0.821. The van der Waals surface area contributed by atoms with Crippen LogP contribution in [0.2, 0.25) is 0 Å². The lowest BCUT2D eigenvalue weighted by atomic mass is 10.0. The van der Waals surface area contributed by atoms with Crippen LogP contribution in [0, 0.1) is 0 Å². The second kappa shape index (κ2) is 4.58. The van der Waals surface area contributed by atoms with E-state index in [0.717, 1.165) is 17.2 Å². The van der Waals surface area contributed by atoms with Gasteiger partial charge in [0.1, 0.15) is 6.34 Å². The summed E-state index contributed by atoms with van der Waals surface area (Å²) in [5, 5.41) is 11.8. The number of hydrogen-bond donors (Lipinski definition) is 1. The van der Waals surface area contributed by atoms with E-state index >= 15 is 0 Å². The molecule has 0 aromatic heterocycles. The molecule has 0 spiro atoms. The monoisotopic (exact) mass is 298 g/mol. The molecule has 2 bridgehead atoms. The molecule has 0 radical (unpaired) electrons. The fourth-order valence-corrected chi connectivity index (χ4v) is 2.73. The first kappa shape index (κ1) is 12.9. The topological polar surface area (TPSA) is 94.8 Å². The lowest BCUT2D eigenvalue weighted by Gasteiger charge is -2.40. The van der Waals surface area contributed by atoms with Crippen molar-refractivity contribution in [2.45, 2.75) is 12.2 Å². The first-order valence-electron chi connectivity index (χ1n) is 6.56. The van der Waals surface area contributed by atoms with E-state index < -0.39 is 12.0 Å². The highest BCUT2D eigenvalue weighted by Crippen LogP contribution is 2.46. The van der Waals surface area contributed by atoms with Crippen molar-refractivity contribution in [3.63, 3.8) is 0 Å². The maximum absolute atomic E-state index is 11.9. The van der Waals surface area contributed by atoms with Crippen molar-refractivity contribution in [3.05, 3.63) is 41.5 Å². The number of aliphatic imine (C=N–C) groups is 2. The van der Waals surface area contributed by atoms with Crippen LogP contribution in [0.3, 0.4) is 0 Å². The normalized spacial score (nSPS) is 28.5. The highest BCUT2D eigenvalue weighted by molar-refractivity contribution is 6.15. The predicted octanol–water partition coefficient (Wildman–Crippen LogP) is 0.596. The molecular weight excluding hydrogens is 288 g/mol. The summed E-state index contributed by atoms with van der Waals surface area (Å²) in [7, 11) is 0. The Morgan fingerprint density at radius 1 is 1.36 bits per heavy atom. The second-order valence-corrected chi connectivity index (χ2v) is 4.91. The highest BCUT2D eigenvalue weighted by atomic mass is 16.9. The van der Waals surface area contributed by atoms with Crippen LogP contribution in [0.15, 0.2) is 40.3 Å². The van der Waals surface area contributed by atoms with Gasteiger partial charge in [-0.3, -0.25) is 4.79 Å². The molecule has 1 N–H and O–H groups in total. The number of fused-ring (bicyclic) bond motifs is 5. The van der Waals surface area contributed by atoms with E-state index in [2.05, 4.69) is 9.98 Å². The van der Waals surface area contributed by atoms with Crippen LogP contribution in [-0.4, -0.2) is 45.3 Å². The minimum Gasteiger partial charge on any atom is -0.478 e. The molecule has 3 atom stereocenters. The first-order valence-corrected chi connectivity index (χ1v) is 6.56. The maximum Gasteiger partial charge on any atom is 0.328 e. The third-order valence-electron chi connectivity index (χ3n) is 3.66. The number of carbonyl (C=O) groups excluding carboxylic acids is 1. The molecule has 0 aliphatic carbocycles. The summed E-state index contributed by atoms with van der Waals surface area (Å²) in [5.41, 5.74) is 1.57. The third-order valence-corrected chi connectivity index (χ3v) is 3.66. The summed E-state index contributed by atoms with van der Waals surface area (Å²) in [5.74, 6) is -0.847. The molecule has 3 unspecified atom stereocenters. The molecular formula is C14H10N4O4. The first-order chi connectivity index (χ1) is 10.7. The van der Waals surface area contributed by atoms with Gasteiger partial charge in [-0.2, -0.15) is 15.0 Å². The summed E-state index contributed by atoms with van der Waals surface area (Å²) < 4.78 is 0. The smallest absolute Gasteiger partial charge is 0.328 e. The fourth-order valence-electron chi connectivity index (χ4n) is 2.73. The van der Waals surface area contributed by atoms with Crippen molar-refractivity contribution in [2.24, 2.45) is 9.98 Å². The molecule has 2 fully saturated rings. The van der Waals surface area contributed by atoms with Crippen molar-refractivity contribution in [2.75, 3.05) is 0 Å². The van der Waals surface area contributed by atoms with Crippen LogP contribution < -0.4 is 0 Å². The van der Waals surface area contributed by atoms with Gasteiger partial charge in [-0.15, -0.1) is 5.06 Å². The van der Waals surface area contributed by atoms with Gasteiger partial charge in [-0.25, -0.2) is 9.79 Å². The van der Waals surface area contributed by atoms with Crippen LogP contribution in [0.25, 0.3) is 6.08 Å². The predicted molar refractivity (Wildman–Crippen MR) is 75.3 cm³/mol. The number of carboxylic acids is 1. The zero-order valence-corrected chi connectivity index (χ0v) is 11.2. The SMILES string of the molecule is O=C(O)C=Cc1ccccc1C1N2ON1C1C(=O)N=CN=C12. The summed E-state index contributed by atoms with van der Waals surface area (Å²) in [6.45, 7) is 0. The van der Waals surface area contributed by atoms with E-state index in [4.69, 9.17) is 10.0 Å². The minimum atomic E-state index is -1.02. The Morgan fingerprint density at radius 3 is 2.95 bits per heavy atom. The molecule has 3 aliphatic rings. The molecule has 22 heavy (non-hydrogen) atoms. The average Bonchev–Trinajstić information content (AvgIpc) is 3.01. The Bertz CT molecular complexity index is 770. The van der Waals surface area contributed by atoms with Gasteiger partial charge >= 0.3 is 5.97 Å². The number of rotatable bonds is 3. The Labute approximate surface area is 124 Å². The number of aliphatic carboxylic acids is 1. The van der Waals surface area contributed by atoms with Gasteiger partial charge in [0.25, 0.3) is 5.91 Å². The Balaban J connectivity index is 1.71. The molecule has 8 nitrogen and oxygen atoms in total. The van der Waals surface area contributed by atoms with Crippen molar-refractivity contribution in [1.29, 1.82) is 0 Å². The van der Waals surface area contributed by atoms with Crippen LogP contribution in [0.1, 0.15) is 17.3 Å². The molecule has 1 aromatic rings. The summed E-state index contributed by atoms with van der Waals surface area (Å²) in [6, 6.07) is 6.69. The van der Waals surface area contributed by atoms with Gasteiger partial charge in [0.2, 0.25) is 0 Å². The summed E-state index contributed by atoms with van der Waals surface area (Å²) in [6.07, 6.45) is 3.49. The molecule has 0 saturated carbocycles. The zero-order chi connectivity index (χ0) is 15.3. The number of amidine groups is 1. The molecule has 110 valence electrons. The molecule has 2 saturated heterocycles. The zero-order valence-electron chi connectivity index (χ0n) is 11.2. The molecule has 1 aromatic carbocycles. The van der Waals surface area contributed by atoms with Gasteiger partial charge in [0, 0.05) is 11.6 Å². The number of amides is 1. The number of hydrogen-bond acceptors (Lipinski definition) is 6. The minimum absolute atomic E-state index is 0.316. The molecule has 3 aliphatic heterocycles. The number of carbonyl (C=O) groups is 2. The van der Waals surface area contributed by atoms with Crippen LogP contribution in [-0.2, 0) is 14.5 Å². The molecule has 4 rings (SSSR count). The van der Waals surface area contributed by atoms with Crippen molar-refractivity contribution < 1.29 is 19.6 Å². The van der Waals surface area contributed by atoms with Crippen LogP contribution in [0.4, 0.5) is 0 Å². The lowest BCUT2D eigenvalue weighted by Crippen LogP contribution is -2.47. The Morgan fingerprint density at radius 2 is 2.18 bits per heavy atom. The molecule has 3 heterocycles. The van der Waals surface area contributed by atoms with Crippen molar-refractivity contribution in [3.8, 4) is 0 Å². The Kier molecular flexibility index (Phi) is 2.68. The van der Waals surface area contributed by atoms with Crippen LogP contribution in [0.5, 0.6) is 0 Å². The van der Waals surface area contributed by atoms with Crippen molar-refractivity contribution >= 4 is 30.1 Å². The summed E-state index contributed by atoms with van der Waals surface area (Å²) >= 11 is 0. The van der Waals surface area contributed by atoms with E-state index in [9.17, 15) is 9.59 Å². The maximum atomic E-state index is 11.9. The van der Waals surface area contributed by atoms with E-state index in [1.807, 2.05) is 18.2 Å². The van der Waals surface area contributed by atoms with Gasteiger partial charge in [-0.05, 0) is 11.6 Å². The number of carboxylic acid groups (broad SMARTS) is 1. The highest BCUT2D eigenvalue weighted by Gasteiger charge is 2.61. The van der Waals surface area contributed by atoms with E-state index in [-0.39, 0.29) is 12.1 Å². The molecule has 8 heteroatoms. The van der Waals surface area contributed by atoms with Crippen molar-refractivity contribution in [1.82, 2.24) is 10.1 Å². The van der Waals surface area contributed by atoms with Gasteiger partial charge in [0.15, 0.2) is 18.0 Å². The summed E-state index contributed by atoms with van der Waals surface area (Å²) in [4.78, 5) is 35.8. The van der Waals surface area contributed by atoms with Gasteiger partial charge < -0.3 is 5.11 Å². The van der Waals surface area contributed by atoms with E-state index in [0.29, 0.717) is 5.84 Å². The number of benzene rings is 1. The largest absolute Gasteiger partial charge is 0.478 e. The Hall–Kier alpha value is -2.84. The van der Waals surface area contributed by atoms with Crippen LogP contribution >= 0.6 is 0 Å². The van der Waals surface area contributed by atoms with E-state index in [1.54, 1.807) is 11.1 Å². The second-order valence-electron chi connectivity index (χ2n) is 4.91. The third kappa shape index (κ3) is 1.71. The average molecular weight is 298 g/mol.